The minimum absolute atomic E-state index is 0.618. The van der Waals surface area contributed by atoms with E-state index in [4.69, 9.17) is 11.6 Å². The van der Waals surface area contributed by atoms with Gasteiger partial charge >= 0.3 is 0 Å². The van der Waals surface area contributed by atoms with E-state index in [0.717, 1.165) is 10.7 Å². The first kappa shape index (κ1) is 8.88. The second kappa shape index (κ2) is 3.32. The van der Waals surface area contributed by atoms with Crippen molar-refractivity contribution in [2.24, 2.45) is 0 Å². The summed E-state index contributed by atoms with van der Waals surface area (Å²) in [7, 11) is 0. The molecular formula is C10H6ClN3S. The molecular weight excluding hydrogens is 230 g/mol. The van der Waals surface area contributed by atoms with Gasteiger partial charge in [-0.3, -0.25) is 4.40 Å². The molecule has 0 N–H and O–H groups in total. The SMILES string of the molecule is Clc1cccn2c(-c3cccs3)nnc12. The van der Waals surface area contributed by atoms with Gasteiger partial charge in [-0.2, -0.15) is 0 Å². The van der Waals surface area contributed by atoms with Crippen LogP contribution in [0, 0.1) is 0 Å². The highest BCUT2D eigenvalue weighted by atomic mass is 35.5. The van der Waals surface area contributed by atoms with Crippen LogP contribution >= 0.6 is 22.9 Å². The lowest BCUT2D eigenvalue weighted by atomic mass is 10.4. The van der Waals surface area contributed by atoms with Gasteiger partial charge in [0.25, 0.3) is 0 Å². The molecule has 74 valence electrons. The van der Waals surface area contributed by atoms with Gasteiger partial charge < -0.3 is 0 Å². The Balaban J connectivity index is 2.34. The molecule has 0 unspecified atom stereocenters. The monoisotopic (exact) mass is 235 g/mol. The molecule has 0 aliphatic heterocycles. The molecule has 5 heteroatoms. The molecule has 0 spiro atoms. The maximum Gasteiger partial charge on any atom is 0.179 e. The molecule has 3 nitrogen and oxygen atoms in total. The summed E-state index contributed by atoms with van der Waals surface area (Å²) in [5, 5.41) is 10.8. The third-order valence-corrected chi connectivity index (χ3v) is 3.29. The number of pyridine rings is 1. The van der Waals surface area contributed by atoms with Crippen molar-refractivity contribution in [3.63, 3.8) is 0 Å². The average Bonchev–Trinajstić information content (AvgIpc) is 2.85. The van der Waals surface area contributed by atoms with Crippen LogP contribution in [0.4, 0.5) is 0 Å². The second-order valence-electron chi connectivity index (χ2n) is 3.05. The number of thiophene rings is 1. The fourth-order valence-electron chi connectivity index (χ4n) is 1.46. The summed E-state index contributed by atoms with van der Waals surface area (Å²) < 4.78 is 1.90. The minimum Gasteiger partial charge on any atom is -0.281 e. The summed E-state index contributed by atoms with van der Waals surface area (Å²) in [5.41, 5.74) is 0.697. The first-order chi connectivity index (χ1) is 7.36. The zero-order valence-corrected chi connectivity index (χ0v) is 9.16. The van der Waals surface area contributed by atoms with E-state index in [-0.39, 0.29) is 0 Å². The van der Waals surface area contributed by atoms with E-state index in [1.165, 1.54) is 0 Å². The molecule has 0 radical (unpaired) electrons. The van der Waals surface area contributed by atoms with E-state index >= 15 is 0 Å². The van der Waals surface area contributed by atoms with Crippen LogP contribution in [0.3, 0.4) is 0 Å². The maximum atomic E-state index is 6.01. The van der Waals surface area contributed by atoms with Crippen molar-refractivity contribution in [2.45, 2.75) is 0 Å². The van der Waals surface area contributed by atoms with Gasteiger partial charge in [-0.25, -0.2) is 0 Å². The number of hydrogen-bond acceptors (Lipinski definition) is 3. The molecule has 0 saturated carbocycles. The molecule has 3 aromatic heterocycles. The summed E-state index contributed by atoms with van der Waals surface area (Å²) in [4.78, 5) is 1.09. The van der Waals surface area contributed by atoms with E-state index in [1.54, 1.807) is 11.3 Å². The third kappa shape index (κ3) is 1.33. The third-order valence-electron chi connectivity index (χ3n) is 2.13. The van der Waals surface area contributed by atoms with Gasteiger partial charge in [-0.1, -0.05) is 17.7 Å². The largest absolute Gasteiger partial charge is 0.281 e. The predicted octanol–water partition coefficient (Wildman–Crippen LogP) is 3.11. The molecule has 3 heterocycles. The van der Waals surface area contributed by atoms with Crippen molar-refractivity contribution in [1.82, 2.24) is 14.6 Å². The Hall–Kier alpha value is -1.39. The Morgan fingerprint density at radius 2 is 2.13 bits per heavy atom. The van der Waals surface area contributed by atoms with Crippen LogP contribution in [-0.4, -0.2) is 14.6 Å². The Morgan fingerprint density at radius 1 is 1.20 bits per heavy atom. The maximum absolute atomic E-state index is 6.01. The van der Waals surface area contributed by atoms with Crippen molar-refractivity contribution in [3.8, 4) is 10.7 Å². The van der Waals surface area contributed by atoms with Crippen molar-refractivity contribution >= 4 is 28.6 Å². The first-order valence-electron chi connectivity index (χ1n) is 4.39. The highest BCUT2D eigenvalue weighted by Crippen LogP contribution is 2.25. The van der Waals surface area contributed by atoms with Crippen LogP contribution in [0.2, 0.25) is 5.02 Å². The molecule has 0 bridgehead atoms. The quantitative estimate of drug-likeness (QED) is 0.649. The van der Waals surface area contributed by atoms with Gasteiger partial charge in [0.05, 0.1) is 9.90 Å². The van der Waals surface area contributed by atoms with Gasteiger partial charge in [-0.05, 0) is 23.6 Å². The van der Waals surface area contributed by atoms with Crippen LogP contribution in [0.15, 0.2) is 35.8 Å². The van der Waals surface area contributed by atoms with E-state index in [9.17, 15) is 0 Å². The van der Waals surface area contributed by atoms with Gasteiger partial charge in [-0.15, -0.1) is 21.5 Å². The van der Waals surface area contributed by atoms with Gasteiger partial charge in [0.1, 0.15) is 0 Å². The first-order valence-corrected chi connectivity index (χ1v) is 5.65. The standard InChI is InChI=1S/C10H6ClN3S/c11-7-3-1-5-14-9(7)12-13-10(14)8-4-2-6-15-8/h1-6H. The molecule has 0 fully saturated rings. The Labute approximate surface area is 95.0 Å². The van der Waals surface area contributed by atoms with Gasteiger partial charge in [0.2, 0.25) is 0 Å². The van der Waals surface area contributed by atoms with Crippen molar-refractivity contribution < 1.29 is 0 Å². The van der Waals surface area contributed by atoms with Crippen LogP contribution in [0.1, 0.15) is 0 Å². The topological polar surface area (TPSA) is 30.2 Å². The molecule has 0 aromatic carbocycles. The highest BCUT2D eigenvalue weighted by Gasteiger charge is 2.09. The number of nitrogens with zero attached hydrogens (tertiary/aromatic N) is 3. The molecule has 0 aliphatic rings. The number of fused-ring (bicyclic) bond motifs is 1. The van der Waals surface area contributed by atoms with E-state index in [0.29, 0.717) is 10.7 Å². The van der Waals surface area contributed by atoms with Crippen molar-refractivity contribution in [2.75, 3.05) is 0 Å². The molecule has 0 atom stereocenters. The average molecular weight is 236 g/mol. The molecule has 0 amide bonds. The highest BCUT2D eigenvalue weighted by molar-refractivity contribution is 7.13. The van der Waals surface area contributed by atoms with E-state index < -0.39 is 0 Å². The lowest BCUT2D eigenvalue weighted by Crippen LogP contribution is -1.86. The molecule has 3 rings (SSSR count). The normalized spacial score (nSPS) is 11.0. The van der Waals surface area contributed by atoms with E-state index in [2.05, 4.69) is 10.2 Å². The Morgan fingerprint density at radius 3 is 2.93 bits per heavy atom. The lowest BCUT2D eigenvalue weighted by molar-refractivity contribution is 1.12. The van der Waals surface area contributed by atoms with Crippen LogP contribution in [0.25, 0.3) is 16.3 Å². The number of rotatable bonds is 1. The van der Waals surface area contributed by atoms with Crippen molar-refractivity contribution in [3.05, 3.63) is 40.9 Å². The fraction of sp³-hybridized carbons (Fsp3) is 0. The predicted molar refractivity (Wildman–Crippen MR) is 61.3 cm³/mol. The number of aromatic nitrogens is 3. The van der Waals surface area contributed by atoms with Gasteiger partial charge in [0, 0.05) is 6.20 Å². The Bertz CT molecular complexity index is 600. The number of hydrogen-bond donors (Lipinski definition) is 0. The fourth-order valence-corrected chi connectivity index (χ4v) is 2.36. The van der Waals surface area contributed by atoms with Crippen LogP contribution in [-0.2, 0) is 0 Å². The minimum atomic E-state index is 0.618. The Kier molecular flexibility index (Phi) is 1.97. The smallest absolute Gasteiger partial charge is 0.179 e. The summed E-state index contributed by atoms with van der Waals surface area (Å²) in [6, 6.07) is 7.70. The van der Waals surface area contributed by atoms with Crippen LogP contribution in [0.5, 0.6) is 0 Å². The lowest BCUT2D eigenvalue weighted by Gasteiger charge is -1.96. The summed E-state index contributed by atoms with van der Waals surface area (Å²) in [6.45, 7) is 0. The molecule has 0 saturated heterocycles. The molecule has 15 heavy (non-hydrogen) atoms. The molecule has 3 aromatic rings. The second-order valence-corrected chi connectivity index (χ2v) is 4.41. The summed E-state index contributed by atoms with van der Waals surface area (Å²) >= 11 is 7.65. The van der Waals surface area contributed by atoms with E-state index in [1.807, 2.05) is 40.2 Å². The van der Waals surface area contributed by atoms with Crippen LogP contribution < -0.4 is 0 Å². The summed E-state index contributed by atoms with van der Waals surface area (Å²) in [5.74, 6) is 0.836. The van der Waals surface area contributed by atoms with Crippen molar-refractivity contribution in [1.29, 1.82) is 0 Å². The zero-order valence-electron chi connectivity index (χ0n) is 7.59. The zero-order chi connectivity index (χ0) is 10.3. The van der Waals surface area contributed by atoms with Gasteiger partial charge in [0.15, 0.2) is 11.5 Å². The number of halogens is 1. The summed E-state index contributed by atoms with van der Waals surface area (Å²) in [6.07, 6.45) is 1.91. The molecule has 0 aliphatic carbocycles.